The van der Waals surface area contributed by atoms with Gasteiger partial charge >= 0.3 is 0 Å². The van der Waals surface area contributed by atoms with E-state index in [1.807, 2.05) is 19.2 Å². The van der Waals surface area contributed by atoms with Crippen molar-refractivity contribution in [1.82, 2.24) is 15.0 Å². The number of fused-ring (bicyclic) bond motifs is 1. The van der Waals surface area contributed by atoms with E-state index in [0.29, 0.717) is 12.5 Å². The Kier molecular flexibility index (Phi) is 3.29. The molecule has 20 heavy (non-hydrogen) atoms. The third-order valence-corrected chi connectivity index (χ3v) is 3.11. The first-order valence-corrected chi connectivity index (χ1v) is 6.58. The molecule has 3 aromatic rings. The van der Waals surface area contributed by atoms with Crippen LogP contribution < -0.4 is 4.74 Å². The third kappa shape index (κ3) is 2.32. The molecule has 0 fully saturated rings. The highest BCUT2D eigenvalue weighted by Gasteiger charge is 2.05. The molecule has 0 aliphatic carbocycles. The average Bonchev–Trinajstić information content (AvgIpc) is 2.48. The van der Waals surface area contributed by atoms with Crippen LogP contribution in [0.15, 0.2) is 42.9 Å². The molecule has 4 heteroatoms. The average molecular weight is 265 g/mol. The van der Waals surface area contributed by atoms with Crippen molar-refractivity contribution in [2.45, 2.75) is 13.8 Å². The lowest BCUT2D eigenvalue weighted by Gasteiger charge is -2.06. The quantitative estimate of drug-likeness (QED) is 0.728. The predicted octanol–water partition coefficient (Wildman–Crippen LogP) is 3.40. The maximum atomic E-state index is 5.38. The first kappa shape index (κ1) is 12.5. The van der Waals surface area contributed by atoms with Crippen LogP contribution in [0.5, 0.6) is 5.88 Å². The van der Waals surface area contributed by atoms with Crippen LogP contribution in [0.2, 0.25) is 0 Å². The summed E-state index contributed by atoms with van der Waals surface area (Å²) in [5.74, 6) is 0.536. The second-order valence-electron chi connectivity index (χ2n) is 4.55. The number of aromatic nitrogens is 3. The zero-order chi connectivity index (χ0) is 13.9. The molecule has 4 nitrogen and oxygen atoms in total. The molecule has 0 unspecified atom stereocenters. The maximum absolute atomic E-state index is 5.38. The van der Waals surface area contributed by atoms with Crippen LogP contribution in [0.1, 0.15) is 12.5 Å². The lowest BCUT2D eigenvalue weighted by molar-refractivity contribution is 0.325. The molecule has 0 saturated heterocycles. The van der Waals surface area contributed by atoms with Crippen molar-refractivity contribution in [1.29, 1.82) is 0 Å². The van der Waals surface area contributed by atoms with Gasteiger partial charge in [-0.2, -0.15) is 0 Å². The largest absolute Gasteiger partial charge is 0.477 e. The zero-order valence-corrected chi connectivity index (χ0v) is 11.5. The summed E-state index contributed by atoms with van der Waals surface area (Å²) in [6, 6.07) is 8.23. The van der Waals surface area contributed by atoms with Crippen LogP contribution in [0.4, 0.5) is 0 Å². The summed E-state index contributed by atoms with van der Waals surface area (Å²) in [6.07, 6.45) is 5.17. The number of hydrogen-bond donors (Lipinski definition) is 0. The molecule has 0 radical (unpaired) electrons. The Morgan fingerprint density at radius 3 is 2.90 bits per heavy atom. The molecule has 1 aromatic carbocycles. The maximum Gasteiger partial charge on any atom is 0.232 e. The zero-order valence-electron chi connectivity index (χ0n) is 11.5. The number of pyridine rings is 1. The molecule has 2 heterocycles. The van der Waals surface area contributed by atoms with Gasteiger partial charge in [0.05, 0.1) is 30.2 Å². The van der Waals surface area contributed by atoms with Gasteiger partial charge in [-0.1, -0.05) is 18.2 Å². The van der Waals surface area contributed by atoms with Crippen molar-refractivity contribution in [3.63, 3.8) is 0 Å². The van der Waals surface area contributed by atoms with Crippen molar-refractivity contribution in [2.24, 2.45) is 0 Å². The van der Waals surface area contributed by atoms with Crippen LogP contribution >= 0.6 is 0 Å². The molecule has 0 bridgehead atoms. The predicted molar refractivity (Wildman–Crippen MR) is 78.7 cm³/mol. The molecule has 0 amide bonds. The number of benzene rings is 1. The van der Waals surface area contributed by atoms with Gasteiger partial charge in [0, 0.05) is 17.1 Å². The molecule has 100 valence electrons. The molecule has 2 aromatic heterocycles. The fourth-order valence-electron chi connectivity index (χ4n) is 2.16. The molecule has 0 N–H and O–H groups in total. The van der Waals surface area contributed by atoms with Crippen LogP contribution in [0, 0.1) is 6.92 Å². The van der Waals surface area contributed by atoms with Crippen LogP contribution in [-0.4, -0.2) is 21.6 Å². The second kappa shape index (κ2) is 5.25. The van der Waals surface area contributed by atoms with Gasteiger partial charge in [0.15, 0.2) is 0 Å². The summed E-state index contributed by atoms with van der Waals surface area (Å²) in [7, 11) is 0. The molecular formula is C16H15N3O. The fraction of sp³-hybridized carbons (Fsp3) is 0.188. The number of rotatable bonds is 3. The highest BCUT2D eigenvalue weighted by Crippen LogP contribution is 2.23. The SMILES string of the molecule is CCOc1cncc(-c2cnc3c(C)cccc3c2)n1. The van der Waals surface area contributed by atoms with E-state index in [9.17, 15) is 0 Å². The molecule has 3 rings (SSSR count). The van der Waals surface area contributed by atoms with Crippen molar-refractivity contribution in [3.8, 4) is 17.1 Å². The van der Waals surface area contributed by atoms with Crippen LogP contribution in [0.3, 0.4) is 0 Å². The number of aryl methyl sites for hydroxylation is 1. The van der Waals surface area contributed by atoms with E-state index < -0.39 is 0 Å². The van der Waals surface area contributed by atoms with Gasteiger partial charge in [-0.25, -0.2) is 4.98 Å². The van der Waals surface area contributed by atoms with Gasteiger partial charge in [0.25, 0.3) is 0 Å². The van der Waals surface area contributed by atoms with Gasteiger partial charge in [-0.3, -0.25) is 9.97 Å². The van der Waals surface area contributed by atoms with Gasteiger partial charge in [0.2, 0.25) is 5.88 Å². The van der Waals surface area contributed by atoms with E-state index in [4.69, 9.17) is 4.74 Å². The number of hydrogen-bond acceptors (Lipinski definition) is 4. The minimum absolute atomic E-state index is 0.536. The normalized spacial score (nSPS) is 10.7. The number of nitrogens with zero attached hydrogens (tertiary/aromatic N) is 3. The molecule has 0 aliphatic heterocycles. The second-order valence-corrected chi connectivity index (χ2v) is 4.55. The monoisotopic (exact) mass is 265 g/mol. The van der Waals surface area contributed by atoms with Crippen molar-refractivity contribution in [2.75, 3.05) is 6.61 Å². The Morgan fingerprint density at radius 1 is 1.15 bits per heavy atom. The summed E-state index contributed by atoms with van der Waals surface area (Å²) in [6.45, 7) is 4.56. The first-order valence-electron chi connectivity index (χ1n) is 6.58. The van der Waals surface area contributed by atoms with E-state index in [-0.39, 0.29) is 0 Å². The van der Waals surface area contributed by atoms with Gasteiger partial charge in [-0.15, -0.1) is 0 Å². The van der Waals surface area contributed by atoms with Gasteiger partial charge in [0.1, 0.15) is 0 Å². The minimum atomic E-state index is 0.536. The standard InChI is InChI=1S/C16H15N3O/c1-3-20-15-10-17-9-14(19-15)13-7-12-6-4-5-11(2)16(12)18-8-13/h4-10H,3H2,1-2H3. The van der Waals surface area contributed by atoms with E-state index in [2.05, 4.69) is 40.1 Å². The summed E-state index contributed by atoms with van der Waals surface area (Å²) in [5.41, 5.74) is 3.90. The van der Waals surface area contributed by atoms with Crippen molar-refractivity contribution >= 4 is 10.9 Å². The van der Waals surface area contributed by atoms with Gasteiger partial charge < -0.3 is 4.74 Å². The molecule has 0 spiro atoms. The lowest BCUT2D eigenvalue weighted by atomic mass is 10.1. The summed E-state index contributed by atoms with van der Waals surface area (Å²) < 4.78 is 5.38. The number of para-hydroxylation sites is 1. The molecular weight excluding hydrogens is 250 g/mol. The van der Waals surface area contributed by atoms with Gasteiger partial charge in [-0.05, 0) is 25.5 Å². The van der Waals surface area contributed by atoms with E-state index in [1.54, 1.807) is 12.4 Å². The topological polar surface area (TPSA) is 47.9 Å². The Morgan fingerprint density at radius 2 is 2.05 bits per heavy atom. The summed E-state index contributed by atoms with van der Waals surface area (Å²) >= 11 is 0. The van der Waals surface area contributed by atoms with Crippen LogP contribution in [-0.2, 0) is 0 Å². The fourth-order valence-corrected chi connectivity index (χ4v) is 2.16. The highest BCUT2D eigenvalue weighted by atomic mass is 16.5. The van der Waals surface area contributed by atoms with Crippen molar-refractivity contribution < 1.29 is 4.74 Å². The Balaban J connectivity index is 2.08. The smallest absolute Gasteiger partial charge is 0.232 e. The number of ether oxygens (including phenoxy) is 1. The minimum Gasteiger partial charge on any atom is -0.477 e. The van der Waals surface area contributed by atoms with E-state index in [0.717, 1.165) is 22.2 Å². The van der Waals surface area contributed by atoms with E-state index >= 15 is 0 Å². The Hall–Kier alpha value is -2.49. The highest BCUT2D eigenvalue weighted by molar-refractivity contribution is 5.85. The first-order chi connectivity index (χ1) is 9.78. The van der Waals surface area contributed by atoms with Crippen LogP contribution in [0.25, 0.3) is 22.2 Å². The lowest BCUT2D eigenvalue weighted by Crippen LogP contribution is -1.96. The summed E-state index contributed by atoms with van der Waals surface area (Å²) in [4.78, 5) is 13.1. The molecule has 0 aliphatic rings. The molecule has 0 atom stereocenters. The Labute approximate surface area is 117 Å². The van der Waals surface area contributed by atoms with Crippen molar-refractivity contribution in [3.05, 3.63) is 48.4 Å². The molecule has 0 saturated carbocycles. The van der Waals surface area contributed by atoms with E-state index in [1.165, 1.54) is 5.56 Å². The third-order valence-electron chi connectivity index (χ3n) is 3.11. The Bertz CT molecular complexity index is 756. The summed E-state index contributed by atoms with van der Waals surface area (Å²) in [5, 5.41) is 1.10.